The number of amides is 3. The fourth-order valence-electron chi connectivity index (χ4n) is 4.80. The van der Waals surface area contributed by atoms with Gasteiger partial charge in [-0.3, -0.25) is 9.78 Å². The lowest BCUT2D eigenvalue weighted by atomic mass is 9.90. The van der Waals surface area contributed by atoms with E-state index in [1.807, 2.05) is 0 Å². The maximum Gasteiger partial charge on any atom is 0.326 e. The summed E-state index contributed by atoms with van der Waals surface area (Å²) in [6.07, 6.45) is 7.76. The van der Waals surface area contributed by atoms with Gasteiger partial charge in [0.2, 0.25) is 10.0 Å². The first-order valence-corrected chi connectivity index (χ1v) is 15.9. The van der Waals surface area contributed by atoms with Crippen LogP contribution >= 0.6 is 23.2 Å². The predicted molar refractivity (Wildman–Crippen MR) is 164 cm³/mol. The minimum absolute atomic E-state index is 0.0229. The van der Waals surface area contributed by atoms with Gasteiger partial charge in [0.25, 0.3) is 5.91 Å². The molecule has 2 aromatic carbocycles. The van der Waals surface area contributed by atoms with Crippen molar-refractivity contribution >= 4 is 62.5 Å². The lowest BCUT2D eigenvalue weighted by Crippen LogP contribution is -2.44. The molecule has 1 aliphatic carbocycles. The number of rotatable bonds is 11. The number of carbonyl (C=O) groups is 3. The number of urea groups is 1. The van der Waals surface area contributed by atoms with E-state index in [2.05, 4.69) is 25.7 Å². The number of aliphatic carboxylic acids is 1. The van der Waals surface area contributed by atoms with E-state index in [-0.39, 0.29) is 38.5 Å². The van der Waals surface area contributed by atoms with Gasteiger partial charge in [0.15, 0.2) is 0 Å². The highest BCUT2D eigenvalue weighted by Crippen LogP contribution is 2.26. The number of nitrogens with one attached hydrogen (secondary N) is 4. The summed E-state index contributed by atoms with van der Waals surface area (Å²) in [6, 6.07) is 10.1. The van der Waals surface area contributed by atoms with Crippen LogP contribution in [-0.4, -0.2) is 49.0 Å². The second-order valence-electron chi connectivity index (χ2n) is 10.2. The van der Waals surface area contributed by atoms with Gasteiger partial charge in [0, 0.05) is 31.0 Å². The first-order chi connectivity index (χ1) is 20.5. The first-order valence-electron chi connectivity index (χ1n) is 13.6. The monoisotopic (exact) mass is 647 g/mol. The maximum absolute atomic E-state index is 13.0. The summed E-state index contributed by atoms with van der Waals surface area (Å²) in [7, 11) is -3.92. The Balaban J connectivity index is 1.37. The Kier molecular flexibility index (Phi) is 11.0. The van der Waals surface area contributed by atoms with Crippen LogP contribution in [0.3, 0.4) is 0 Å². The lowest BCUT2D eigenvalue weighted by molar-refractivity contribution is -0.139. The number of nitrogens with zero attached hydrogens (tertiary/aromatic N) is 1. The normalized spacial score (nSPS) is 14.5. The molecule has 1 fully saturated rings. The SMILES string of the molecule is O=C(Nc1ccccc1S(=O)(=O)NCC1CCCCC1)N[C@@H](Cc1ccc(NC(=O)c2c(Cl)cncc2Cl)cc1)C(=O)O. The molecule has 1 aliphatic rings. The van der Waals surface area contributed by atoms with E-state index >= 15 is 0 Å². The molecule has 1 heterocycles. The highest BCUT2D eigenvalue weighted by molar-refractivity contribution is 7.89. The van der Waals surface area contributed by atoms with Crippen molar-refractivity contribution in [2.45, 2.75) is 49.5 Å². The van der Waals surface area contributed by atoms with Crippen LogP contribution in [-0.2, 0) is 21.2 Å². The number of carboxylic acid groups (broad SMARTS) is 1. The third-order valence-electron chi connectivity index (χ3n) is 7.05. The van der Waals surface area contributed by atoms with Crippen LogP contribution in [0.25, 0.3) is 0 Å². The topological polar surface area (TPSA) is 167 Å². The van der Waals surface area contributed by atoms with Crippen molar-refractivity contribution in [3.8, 4) is 0 Å². The Bertz CT molecular complexity index is 1560. The van der Waals surface area contributed by atoms with E-state index in [1.54, 1.807) is 36.4 Å². The predicted octanol–water partition coefficient (Wildman–Crippen LogP) is 5.32. The summed E-state index contributed by atoms with van der Waals surface area (Å²) in [5.74, 6) is -1.56. The minimum Gasteiger partial charge on any atom is -0.480 e. The molecule has 0 spiro atoms. The van der Waals surface area contributed by atoms with Crippen molar-refractivity contribution in [2.24, 2.45) is 5.92 Å². The van der Waals surface area contributed by atoms with E-state index in [1.165, 1.54) is 24.5 Å². The van der Waals surface area contributed by atoms with Crippen LogP contribution in [0.15, 0.2) is 65.8 Å². The summed E-state index contributed by atoms with van der Waals surface area (Å²) in [4.78, 5) is 41.0. The second kappa shape index (κ2) is 14.6. The highest BCUT2D eigenvalue weighted by atomic mass is 35.5. The van der Waals surface area contributed by atoms with Crippen LogP contribution in [0.5, 0.6) is 0 Å². The fourth-order valence-corrected chi connectivity index (χ4v) is 6.61. The standard InChI is InChI=1S/C29H31Cl2N5O6S/c30-21-16-32-17-22(31)26(21)27(37)34-20-12-10-18(11-13-20)14-24(28(38)39)36-29(40)35-23-8-4-5-9-25(23)43(41,42)33-15-19-6-2-1-3-7-19/h4-5,8-13,16-17,19,24,33H,1-3,6-7,14-15H2,(H,34,37)(H,38,39)(H2,35,36,40)/t24-/m0/s1. The van der Waals surface area contributed by atoms with Crippen molar-refractivity contribution in [3.05, 3.63) is 82.1 Å². The Morgan fingerprint density at radius 1 is 0.930 bits per heavy atom. The number of benzene rings is 2. The number of para-hydroxylation sites is 1. The number of pyridine rings is 1. The number of carboxylic acids is 1. The quantitative estimate of drug-likeness (QED) is 0.188. The molecule has 5 N–H and O–H groups in total. The van der Waals surface area contributed by atoms with Crippen molar-refractivity contribution in [3.63, 3.8) is 0 Å². The number of hydrogen-bond donors (Lipinski definition) is 5. The van der Waals surface area contributed by atoms with Gasteiger partial charge in [-0.2, -0.15) is 0 Å². The lowest BCUT2D eigenvalue weighted by Gasteiger charge is -2.22. The van der Waals surface area contributed by atoms with E-state index in [0.29, 0.717) is 17.8 Å². The van der Waals surface area contributed by atoms with Gasteiger partial charge in [-0.1, -0.05) is 66.7 Å². The molecule has 0 saturated heterocycles. The molecule has 3 aromatic rings. The van der Waals surface area contributed by atoms with E-state index < -0.39 is 34.0 Å². The molecular formula is C29H31Cl2N5O6S. The average Bonchev–Trinajstić information content (AvgIpc) is 2.97. The largest absolute Gasteiger partial charge is 0.480 e. The highest BCUT2D eigenvalue weighted by Gasteiger charge is 2.25. The molecule has 1 aromatic heterocycles. The minimum atomic E-state index is -3.92. The molecular weight excluding hydrogens is 617 g/mol. The van der Waals surface area contributed by atoms with Crippen molar-refractivity contribution in [1.29, 1.82) is 0 Å². The third kappa shape index (κ3) is 8.90. The number of aromatic nitrogens is 1. The zero-order chi connectivity index (χ0) is 31.0. The molecule has 3 amide bonds. The van der Waals surface area contributed by atoms with Crippen molar-refractivity contribution in [2.75, 3.05) is 17.2 Å². The van der Waals surface area contributed by atoms with Crippen molar-refractivity contribution in [1.82, 2.24) is 15.0 Å². The van der Waals surface area contributed by atoms with Crippen LogP contribution in [0.2, 0.25) is 10.0 Å². The van der Waals surface area contributed by atoms with Crippen LogP contribution in [0.1, 0.15) is 48.0 Å². The summed E-state index contributed by atoms with van der Waals surface area (Å²) < 4.78 is 28.7. The summed E-state index contributed by atoms with van der Waals surface area (Å²) >= 11 is 12.1. The fraction of sp³-hybridized carbons (Fsp3) is 0.310. The van der Waals surface area contributed by atoms with Gasteiger partial charge < -0.3 is 21.1 Å². The summed E-state index contributed by atoms with van der Waals surface area (Å²) in [6.45, 7) is 0.317. The third-order valence-corrected chi connectivity index (χ3v) is 9.10. The molecule has 1 saturated carbocycles. The Hall–Kier alpha value is -3.71. The zero-order valence-electron chi connectivity index (χ0n) is 23.0. The number of anilines is 2. The number of sulfonamides is 1. The van der Waals surface area contributed by atoms with Gasteiger partial charge in [-0.05, 0) is 48.6 Å². The Morgan fingerprint density at radius 3 is 2.23 bits per heavy atom. The van der Waals surface area contributed by atoms with Gasteiger partial charge in [-0.15, -0.1) is 0 Å². The Morgan fingerprint density at radius 2 is 1.58 bits per heavy atom. The number of halogens is 2. The molecule has 0 radical (unpaired) electrons. The van der Waals surface area contributed by atoms with Gasteiger partial charge >= 0.3 is 12.0 Å². The van der Waals surface area contributed by atoms with Crippen LogP contribution < -0.4 is 20.7 Å². The van der Waals surface area contributed by atoms with Crippen molar-refractivity contribution < 1.29 is 27.9 Å². The zero-order valence-corrected chi connectivity index (χ0v) is 25.3. The average molecular weight is 649 g/mol. The second-order valence-corrected chi connectivity index (χ2v) is 12.7. The Labute approximate surface area is 259 Å². The molecule has 0 bridgehead atoms. The molecule has 228 valence electrons. The van der Waals surface area contributed by atoms with Crippen LogP contribution in [0.4, 0.5) is 16.2 Å². The molecule has 4 rings (SSSR count). The van der Waals surface area contributed by atoms with Crippen LogP contribution in [0, 0.1) is 5.92 Å². The first kappa shape index (κ1) is 32.2. The molecule has 11 nitrogen and oxygen atoms in total. The van der Waals surface area contributed by atoms with E-state index in [9.17, 15) is 27.9 Å². The number of carbonyl (C=O) groups excluding carboxylic acids is 2. The maximum atomic E-state index is 13.0. The molecule has 43 heavy (non-hydrogen) atoms. The summed E-state index contributed by atoms with van der Waals surface area (Å²) in [5.41, 5.74) is 1.05. The summed E-state index contributed by atoms with van der Waals surface area (Å²) in [5, 5.41) is 17.4. The van der Waals surface area contributed by atoms with Gasteiger partial charge in [0.05, 0.1) is 21.3 Å². The van der Waals surface area contributed by atoms with Gasteiger partial charge in [-0.25, -0.2) is 22.7 Å². The number of hydrogen-bond acceptors (Lipinski definition) is 6. The molecule has 0 unspecified atom stereocenters. The van der Waals surface area contributed by atoms with E-state index in [4.69, 9.17) is 23.2 Å². The van der Waals surface area contributed by atoms with Gasteiger partial charge in [0.1, 0.15) is 10.9 Å². The molecule has 0 aliphatic heterocycles. The molecule has 1 atom stereocenters. The smallest absolute Gasteiger partial charge is 0.326 e. The molecule has 14 heteroatoms. The van der Waals surface area contributed by atoms with E-state index in [0.717, 1.165) is 32.1 Å².